The Bertz CT molecular complexity index is 679. The Kier molecular flexibility index (Phi) is 3.57. The molecule has 0 amide bonds. The number of ether oxygens (including phenoxy) is 2. The first-order valence-electron chi connectivity index (χ1n) is 6.96. The van der Waals surface area contributed by atoms with Crippen LogP contribution in [0, 0.1) is 0 Å². The summed E-state index contributed by atoms with van der Waals surface area (Å²) in [6.45, 7) is 0. The highest BCUT2D eigenvalue weighted by molar-refractivity contribution is 5.72. The molecule has 2 aromatic rings. The number of methoxy groups -OCH3 is 2. The molecule has 0 spiro atoms. The first-order chi connectivity index (χ1) is 10.2. The first kappa shape index (κ1) is 13.6. The van der Waals surface area contributed by atoms with Crippen LogP contribution >= 0.6 is 0 Å². The van der Waals surface area contributed by atoms with Gasteiger partial charge in [0.05, 0.1) is 20.3 Å². The van der Waals surface area contributed by atoms with Crippen molar-refractivity contribution in [3.63, 3.8) is 0 Å². The quantitative estimate of drug-likeness (QED) is 0.851. The molecule has 0 radical (unpaired) electrons. The molecule has 1 aliphatic heterocycles. The van der Waals surface area contributed by atoms with Crippen LogP contribution in [-0.2, 0) is 0 Å². The molecule has 0 aliphatic carbocycles. The topological polar surface area (TPSA) is 21.7 Å². The van der Waals surface area contributed by atoms with Crippen LogP contribution in [0.4, 0.5) is 5.69 Å². The van der Waals surface area contributed by atoms with E-state index in [0.29, 0.717) is 0 Å². The molecule has 1 atom stereocenters. The average molecular weight is 281 g/mol. The van der Waals surface area contributed by atoms with Crippen LogP contribution in [0.15, 0.2) is 48.5 Å². The van der Waals surface area contributed by atoms with E-state index in [2.05, 4.69) is 54.4 Å². The predicted molar refractivity (Wildman–Crippen MR) is 86.2 cm³/mol. The summed E-state index contributed by atoms with van der Waals surface area (Å²) in [4.78, 5) is 2.27. The highest BCUT2D eigenvalue weighted by Crippen LogP contribution is 2.37. The summed E-state index contributed by atoms with van der Waals surface area (Å²) >= 11 is 0. The zero-order chi connectivity index (χ0) is 14.8. The van der Waals surface area contributed by atoms with Gasteiger partial charge in [-0.15, -0.1) is 0 Å². The first-order valence-corrected chi connectivity index (χ1v) is 6.96. The van der Waals surface area contributed by atoms with Gasteiger partial charge >= 0.3 is 0 Å². The van der Waals surface area contributed by atoms with E-state index in [0.717, 1.165) is 11.5 Å². The normalized spacial score (nSPS) is 16.5. The standard InChI is InChI=1S/C18H19NO2/c1-19-15-7-5-4-6-13(15)8-10-16(19)14-9-11-17(20-2)18(12-14)21-3/h4-12,16H,1-3H3. The van der Waals surface area contributed by atoms with Crippen molar-refractivity contribution in [2.24, 2.45) is 0 Å². The van der Waals surface area contributed by atoms with Crippen molar-refractivity contribution in [3.8, 4) is 11.5 Å². The summed E-state index contributed by atoms with van der Waals surface area (Å²) in [5, 5.41) is 0. The molecule has 3 nitrogen and oxygen atoms in total. The van der Waals surface area contributed by atoms with Gasteiger partial charge in [0.2, 0.25) is 0 Å². The molecule has 2 aromatic carbocycles. The van der Waals surface area contributed by atoms with Gasteiger partial charge < -0.3 is 14.4 Å². The Labute approximate surface area is 125 Å². The van der Waals surface area contributed by atoms with E-state index in [9.17, 15) is 0 Å². The molecule has 0 saturated heterocycles. The molecule has 1 unspecified atom stereocenters. The zero-order valence-corrected chi connectivity index (χ0v) is 12.5. The highest BCUT2D eigenvalue weighted by atomic mass is 16.5. The van der Waals surface area contributed by atoms with Crippen molar-refractivity contribution in [3.05, 3.63) is 59.7 Å². The molecule has 0 bridgehead atoms. The average Bonchev–Trinajstić information content (AvgIpc) is 2.55. The van der Waals surface area contributed by atoms with Gasteiger partial charge in [-0.05, 0) is 29.3 Å². The maximum absolute atomic E-state index is 5.40. The number of benzene rings is 2. The van der Waals surface area contributed by atoms with Gasteiger partial charge in [0.25, 0.3) is 0 Å². The van der Waals surface area contributed by atoms with E-state index in [-0.39, 0.29) is 6.04 Å². The second kappa shape index (κ2) is 5.52. The Morgan fingerprint density at radius 1 is 0.952 bits per heavy atom. The monoisotopic (exact) mass is 281 g/mol. The number of likely N-dealkylation sites (N-methyl/N-ethyl adjacent to an activating group) is 1. The van der Waals surface area contributed by atoms with Crippen LogP contribution < -0.4 is 14.4 Å². The maximum Gasteiger partial charge on any atom is 0.161 e. The van der Waals surface area contributed by atoms with Crippen LogP contribution in [0.2, 0.25) is 0 Å². The summed E-state index contributed by atoms with van der Waals surface area (Å²) < 4.78 is 10.7. The van der Waals surface area contributed by atoms with Crippen molar-refractivity contribution in [2.75, 3.05) is 26.2 Å². The fraction of sp³-hybridized carbons (Fsp3) is 0.222. The third kappa shape index (κ3) is 2.35. The lowest BCUT2D eigenvalue weighted by molar-refractivity contribution is 0.354. The molecule has 1 heterocycles. The molecule has 3 heteroatoms. The molecule has 0 aromatic heterocycles. The van der Waals surface area contributed by atoms with E-state index in [1.807, 2.05) is 12.1 Å². The number of rotatable bonds is 3. The number of para-hydroxylation sites is 1. The van der Waals surface area contributed by atoms with Crippen molar-refractivity contribution in [1.82, 2.24) is 0 Å². The Morgan fingerprint density at radius 2 is 1.71 bits per heavy atom. The maximum atomic E-state index is 5.40. The highest BCUT2D eigenvalue weighted by Gasteiger charge is 2.21. The van der Waals surface area contributed by atoms with Crippen LogP contribution in [0.25, 0.3) is 6.08 Å². The van der Waals surface area contributed by atoms with Crippen molar-refractivity contribution < 1.29 is 9.47 Å². The third-order valence-electron chi connectivity index (χ3n) is 3.94. The summed E-state index contributed by atoms with van der Waals surface area (Å²) in [7, 11) is 5.43. The van der Waals surface area contributed by atoms with E-state index in [4.69, 9.17) is 9.47 Å². The Balaban J connectivity index is 1.99. The Morgan fingerprint density at radius 3 is 2.48 bits per heavy atom. The van der Waals surface area contributed by atoms with Crippen LogP contribution in [0.5, 0.6) is 11.5 Å². The van der Waals surface area contributed by atoms with E-state index >= 15 is 0 Å². The number of fused-ring (bicyclic) bond motifs is 1. The number of anilines is 1. The molecular formula is C18H19NO2. The lowest BCUT2D eigenvalue weighted by Crippen LogP contribution is -2.25. The number of hydrogen-bond donors (Lipinski definition) is 0. The van der Waals surface area contributed by atoms with Crippen LogP contribution in [-0.4, -0.2) is 21.3 Å². The molecular weight excluding hydrogens is 262 g/mol. The summed E-state index contributed by atoms with van der Waals surface area (Å²) in [6.07, 6.45) is 4.39. The fourth-order valence-corrected chi connectivity index (χ4v) is 2.79. The molecule has 0 N–H and O–H groups in total. The van der Waals surface area contributed by atoms with Crippen molar-refractivity contribution in [1.29, 1.82) is 0 Å². The van der Waals surface area contributed by atoms with Gasteiger partial charge in [-0.1, -0.05) is 36.4 Å². The number of hydrogen-bond acceptors (Lipinski definition) is 3. The molecule has 0 fully saturated rings. The fourth-order valence-electron chi connectivity index (χ4n) is 2.79. The van der Waals surface area contributed by atoms with Gasteiger partial charge in [-0.3, -0.25) is 0 Å². The lowest BCUT2D eigenvalue weighted by Gasteiger charge is -2.33. The molecule has 21 heavy (non-hydrogen) atoms. The second-order valence-corrected chi connectivity index (χ2v) is 5.09. The van der Waals surface area contributed by atoms with Gasteiger partial charge in [-0.25, -0.2) is 0 Å². The smallest absolute Gasteiger partial charge is 0.161 e. The zero-order valence-electron chi connectivity index (χ0n) is 12.5. The Hall–Kier alpha value is -2.42. The van der Waals surface area contributed by atoms with Gasteiger partial charge in [0.15, 0.2) is 11.5 Å². The minimum atomic E-state index is 0.194. The molecule has 1 aliphatic rings. The SMILES string of the molecule is COc1ccc(C2C=Cc3ccccc3N2C)cc1OC. The minimum absolute atomic E-state index is 0.194. The summed E-state index contributed by atoms with van der Waals surface area (Å²) in [5.74, 6) is 1.51. The predicted octanol–water partition coefficient (Wildman–Crippen LogP) is 3.91. The van der Waals surface area contributed by atoms with E-state index < -0.39 is 0 Å². The third-order valence-corrected chi connectivity index (χ3v) is 3.94. The van der Waals surface area contributed by atoms with Crippen LogP contribution in [0.3, 0.4) is 0 Å². The molecule has 0 saturated carbocycles. The summed E-state index contributed by atoms with van der Waals surface area (Å²) in [5.41, 5.74) is 3.66. The number of nitrogens with zero attached hydrogens (tertiary/aromatic N) is 1. The largest absolute Gasteiger partial charge is 0.493 e. The molecule has 3 rings (SSSR count). The van der Waals surface area contributed by atoms with Gasteiger partial charge in [0, 0.05) is 12.7 Å². The van der Waals surface area contributed by atoms with Crippen molar-refractivity contribution in [2.45, 2.75) is 6.04 Å². The van der Waals surface area contributed by atoms with Gasteiger partial charge in [-0.2, -0.15) is 0 Å². The van der Waals surface area contributed by atoms with Crippen LogP contribution in [0.1, 0.15) is 17.2 Å². The molecule has 108 valence electrons. The minimum Gasteiger partial charge on any atom is -0.493 e. The van der Waals surface area contributed by atoms with Gasteiger partial charge in [0.1, 0.15) is 0 Å². The van der Waals surface area contributed by atoms with E-state index in [1.165, 1.54) is 16.8 Å². The van der Waals surface area contributed by atoms with Crippen molar-refractivity contribution >= 4 is 11.8 Å². The second-order valence-electron chi connectivity index (χ2n) is 5.09. The lowest BCUT2D eigenvalue weighted by atomic mass is 9.98. The summed E-state index contributed by atoms with van der Waals surface area (Å²) in [6, 6.07) is 14.7. The van der Waals surface area contributed by atoms with E-state index in [1.54, 1.807) is 14.2 Å².